The third-order valence-electron chi connectivity index (χ3n) is 2.33. The normalized spacial score (nSPS) is 17.6. The molecule has 0 unspecified atom stereocenters. The van der Waals surface area contributed by atoms with Crippen molar-refractivity contribution in [2.24, 2.45) is 5.41 Å². The maximum atomic E-state index is 8.69. The van der Waals surface area contributed by atoms with Crippen molar-refractivity contribution in [1.82, 2.24) is 4.98 Å². The number of nitrogens with zero attached hydrogens (tertiary/aromatic N) is 2. The summed E-state index contributed by atoms with van der Waals surface area (Å²) in [5.74, 6) is 0.502. The Bertz CT molecular complexity index is 394. The average molecular weight is 204 g/mol. The first-order valence-corrected chi connectivity index (χ1v) is 4.79. The number of nitriles is 1. The molecule has 2 heterocycles. The molecule has 0 bridgehead atoms. The van der Waals surface area contributed by atoms with Gasteiger partial charge in [0.05, 0.1) is 31.5 Å². The van der Waals surface area contributed by atoms with E-state index in [4.69, 9.17) is 14.7 Å². The van der Waals surface area contributed by atoms with Crippen LogP contribution in [0.5, 0.6) is 5.88 Å². The number of pyridine rings is 1. The fourth-order valence-electron chi connectivity index (χ4n) is 1.34. The molecule has 0 aromatic carbocycles. The molecule has 15 heavy (non-hydrogen) atoms. The number of ether oxygens (including phenoxy) is 2. The molecular formula is C11H12N2O2. The first-order chi connectivity index (χ1) is 7.22. The zero-order chi connectivity index (χ0) is 10.7. The summed E-state index contributed by atoms with van der Waals surface area (Å²) in [5, 5.41) is 8.69. The molecule has 1 aromatic rings. The van der Waals surface area contributed by atoms with Crippen molar-refractivity contribution in [3.63, 3.8) is 0 Å². The minimum Gasteiger partial charge on any atom is -0.477 e. The molecule has 0 spiro atoms. The summed E-state index contributed by atoms with van der Waals surface area (Å²) >= 11 is 0. The SMILES string of the molecule is CC1(COc2cc(C#N)ccn2)COC1. The van der Waals surface area contributed by atoms with Gasteiger partial charge in [0.15, 0.2) is 0 Å². The molecule has 1 saturated heterocycles. The Morgan fingerprint density at radius 3 is 3.07 bits per heavy atom. The summed E-state index contributed by atoms with van der Waals surface area (Å²) in [7, 11) is 0. The summed E-state index contributed by atoms with van der Waals surface area (Å²) < 4.78 is 10.6. The molecule has 4 heteroatoms. The van der Waals surface area contributed by atoms with E-state index >= 15 is 0 Å². The lowest BCUT2D eigenvalue weighted by molar-refractivity contribution is -0.120. The molecule has 78 valence electrons. The fourth-order valence-corrected chi connectivity index (χ4v) is 1.34. The second kappa shape index (κ2) is 3.87. The van der Waals surface area contributed by atoms with Gasteiger partial charge < -0.3 is 9.47 Å². The lowest BCUT2D eigenvalue weighted by Crippen LogP contribution is -2.44. The van der Waals surface area contributed by atoms with Crippen molar-refractivity contribution < 1.29 is 9.47 Å². The van der Waals surface area contributed by atoms with Crippen molar-refractivity contribution in [1.29, 1.82) is 5.26 Å². The highest BCUT2D eigenvalue weighted by atomic mass is 16.5. The van der Waals surface area contributed by atoms with Gasteiger partial charge in [0.2, 0.25) is 5.88 Å². The van der Waals surface area contributed by atoms with E-state index in [9.17, 15) is 0 Å². The summed E-state index contributed by atoms with van der Waals surface area (Å²) in [6.07, 6.45) is 1.58. The maximum absolute atomic E-state index is 8.69. The Balaban J connectivity index is 1.96. The Morgan fingerprint density at radius 1 is 1.67 bits per heavy atom. The van der Waals surface area contributed by atoms with E-state index in [2.05, 4.69) is 11.9 Å². The second-order valence-electron chi connectivity index (χ2n) is 4.09. The molecule has 2 rings (SSSR count). The highest BCUT2D eigenvalue weighted by Gasteiger charge is 2.34. The van der Waals surface area contributed by atoms with Crippen LogP contribution in [-0.2, 0) is 4.74 Å². The van der Waals surface area contributed by atoms with Crippen LogP contribution in [0.1, 0.15) is 12.5 Å². The third-order valence-corrected chi connectivity index (χ3v) is 2.33. The summed E-state index contributed by atoms with van der Waals surface area (Å²) in [6.45, 7) is 4.13. The minimum atomic E-state index is 0.102. The van der Waals surface area contributed by atoms with Crippen LogP contribution in [-0.4, -0.2) is 24.8 Å². The lowest BCUT2D eigenvalue weighted by Gasteiger charge is -2.37. The quantitative estimate of drug-likeness (QED) is 0.746. The van der Waals surface area contributed by atoms with Gasteiger partial charge >= 0.3 is 0 Å². The Morgan fingerprint density at radius 2 is 2.47 bits per heavy atom. The highest BCUT2D eigenvalue weighted by molar-refractivity contribution is 5.31. The Hall–Kier alpha value is -1.60. The number of hydrogen-bond acceptors (Lipinski definition) is 4. The van der Waals surface area contributed by atoms with Crippen LogP contribution in [0.25, 0.3) is 0 Å². The zero-order valence-corrected chi connectivity index (χ0v) is 8.56. The monoisotopic (exact) mass is 204 g/mol. The van der Waals surface area contributed by atoms with Crippen molar-refractivity contribution in [2.45, 2.75) is 6.92 Å². The molecular weight excluding hydrogens is 192 g/mol. The Labute approximate surface area is 88.5 Å². The van der Waals surface area contributed by atoms with Gasteiger partial charge in [0.1, 0.15) is 0 Å². The third kappa shape index (κ3) is 2.25. The van der Waals surface area contributed by atoms with Gasteiger partial charge in [-0.15, -0.1) is 0 Å². The molecule has 0 amide bonds. The van der Waals surface area contributed by atoms with Crippen LogP contribution in [0.3, 0.4) is 0 Å². The maximum Gasteiger partial charge on any atom is 0.214 e. The smallest absolute Gasteiger partial charge is 0.214 e. The van der Waals surface area contributed by atoms with Crippen LogP contribution < -0.4 is 4.74 Å². The van der Waals surface area contributed by atoms with Gasteiger partial charge in [-0.1, -0.05) is 6.92 Å². The predicted octanol–water partition coefficient (Wildman–Crippen LogP) is 1.37. The second-order valence-corrected chi connectivity index (χ2v) is 4.09. The predicted molar refractivity (Wildman–Crippen MR) is 53.4 cm³/mol. The number of hydrogen-bond donors (Lipinski definition) is 0. The molecule has 1 aliphatic heterocycles. The molecule has 0 aliphatic carbocycles. The topological polar surface area (TPSA) is 55.1 Å². The molecule has 1 aromatic heterocycles. The molecule has 0 atom stereocenters. The molecule has 1 fully saturated rings. The summed E-state index contributed by atoms with van der Waals surface area (Å²) in [4.78, 5) is 4.03. The van der Waals surface area contributed by atoms with Crippen molar-refractivity contribution in [2.75, 3.05) is 19.8 Å². The average Bonchev–Trinajstić information content (AvgIpc) is 2.24. The standard InChI is InChI=1S/C11H12N2O2/c1-11(6-14-7-11)8-15-10-4-9(5-12)2-3-13-10/h2-4H,6-8H2,1H3. The summed E-state index contributed by atoms with van der Waals surface area (Å²) in [6, 6.07) is 5.34. The van der Waals surface area contributed by atoms with Gasteiger partial charge in [-0.3, -0.25) is 0 Å². The number of rotatable bonds is 3. The van der Waals surface area contributed by atoms with E-state index in [-0.39, 0.29) is 5.41 Å². The van der Waals surface area contributed by atoms with E-state index in [0.717, 1.165) is 13.2 Å². The van der Waals surface area contributed by atoms with Crippen molar-refractivity contribution in [3.05, 3.63) is 23.9 Å². The van der Waals surface area contributed by atoms with Gasteiger partial charge in [-0.25, -0.2) is 4.98 Å². The largest absolute Gasteiger partial charge is 0.477 e. The van der Waals surface area contributed by atoms with Gasteiger partial charge in [-0.05, 0) is 6.07 Å². The van der Waals surface area contributed by atoms with E-state index in [0.29, 0.717) is 18.1 Å². The molecule has 1 aliphatic rings. The van der Waals surface area contributed by atoms with Crippen LogP contribution in [0.2, 0.25) is 0 Å². The molecule has 0 N–H and O–H groups in total. The van der Waals surface area contributed by atoms with Gasteiger partial charge in [-0.2, -0.15) is 5.26 Å². The van der Waals surface area contributed by atoms with E-state index in [1.807, 2.05) is 6.07 Å². The van der Waals surface area contributed by atoms with Crippen LogP contribution in [0.15, 0.2) is 18.3 Å². The summed E-state index contributed by atoms with van der Waals surface area (Å²) in [5.41, 5.74) is 0.666. The van der Waals surface area contributed by atoms with Crippen LogP contribution in [0, 0.1) is 16.7 Å². The lowest BCUT2D eigenvalue weighted by atomic mass is 9.90. The molecule has 4 nitrogen and oxygen atoms in total. The zero-order valence-electron chi connectivity index (χ0n) is 8.56. The van der Waals surface area contributed by atoms with Crippen LogP contribution in [0.4, 0.5) is 0 Å². The van der Waals surface area contributed by atoms with Gasteiger partial charge in [0.25, 0.3) is 0 Å². The number of aromatic nitrogens is 1. The minimum absolute atomic E-state index is 0.102. The highest BCUT2D eigenvalue weighted by Crippen LogP contribution is 2.27. The van der Waals surface area contributed by atoms with E-state index < -0.39 is 0 Å². The Kier molecular flexibility index (Phi) is 2.57. The van der Waals surface area contributed by atoms with E-state index in [1.165, 1.54) is 0 Å². The van der Waals surface area contributed by atoms with Gasteiger partial charge in [0, 0.05) is 17.7 Å². The molecule has 0 saturated carbocycles. The van der Waals surface area contributed by atoms with Crippen LogP contribution >= 0.6 is 0 Å². The van der Waals surface area contributed by atoms with E-state index in [1.54, 1.807) is 18.3 Å². The first-order valence-electron chi connectivity index (χ1n) is 4.79. The molecule has 0 radical (unpaired) electrons. The first kappa shape index (κ1) is 9.94. The van der Waals surface area contributed by atoms with Crippen molar-refractivity contribution in [3.8, 4) is 11.9 Å². The van der Waals surface area contributed by atoms with Crippen molar-refractivity contribution >= 4 is 0 Å². The fraction of sp³-hybridized carbons (Fsp3) is 0.455.